The molecule has 1 aliphatic rings. The summed E-state index contributed by atoms with van der Waals surface area (Å²) >= 11 is 1.95. The van der Waals surface area contributed by atoms with Gasteiger partial charge in [0, 0.05) is 0 Å². The molecule has 2 nitrogen and oxygen atoms in total. The zero-order valence-electron chi connectivity index (χ0n) is 11.6. The van der Waals surface area contributed by atoms with E-state index >= 15 is 0 Å². The van der Waals surface area contributed by atoms with Gasteiger partial charge in [0.1, 0.15) is 5.75 Å². The molecule has 3 heteroatoms. The van der Waals surface area contributed by atoms with Crippen molar-refractivity contribution in [3.8, 4) is 5.75 Å². The third-order valence-electron chi connectivity index (χ3n) is 3.95. The van der Waals surface area contributed by atoms with E-state index < -0.39 is 0 Å². The van der Waals surface area contributed by atoms with Crippen molar-refractivity contribution < 1.29 is 4.74 Å². The molecule has 1 aromatic rings. The van der Waals surface area contributed by atoms with Gasteiger partial charge in [0.2, 0.25) is 0 Å². The zero-order valence-corrected chi connectivity index (χ0v) is 12.4. The molecule has 1 aromatic carbocycles. The molecule has 0 saturated heterocycles. The van der Waals surface area contributed by atoms with Crippen LogP contribution in [-0.2, 0) is 6.42 Å². The summed E-state index contributed by atoms with van der Waals surface area (Å²) in [6.07, 6.45) is 3.55. The molecule has 1 atom stereocenters. The van der Waals surface area contributed by atoms with Gasteiger partial charge in [-0.2, -0.15) is 0 Å². The van der Waals surface area contributed by atoms with Crippen molar-refractivity contribution in [2.75, 3.05) is 19.4 Å². The molecule has 0 aromatic heterocycles. The van der Waals surface area contributed by atoms with Crippen molar-refractivity contribution in [2.24, 2.45) is 11.7 Å². The smallest absolute Gasteiger partial charge is 0.132 e. The van der Waals surface area contributed by atoms with Crippen molar-refractivity contribution in [1.82, 2.24) is 0 Å². The molecule has 1 heterocycles. The summed E-state index contributed by atoms with van der Waals surface area (Å²) < 4.78 is 5.55. The van der Waals surface area contributed by atoms with E-state index in [9.17, 15) is 0 Å². The van der Waals surface area contributed by atoms with Gasteiger partial charge < -0.3 is 10.5 Å². The molecule has 2 N–H and O–H groups in total. The van der Waals surface area contributed by atoms with Crippen LogP contribution < -0.4 is 10.5 Å². The number of benzene rings is 1. The van der Waals surface area contributed by atoms with Crippen LogP contribution in [0.4, 0.5) is 0 Å². The normalized spacial score (nSPS) is 19.2. The first-order chi connectivity index (χ1) is 8.67. The van der Waals surface area contributed by atoms with Gasteiger partial charge in [-0.1, -0.05) is 0 Å². The first-order valence-electron chi connectivity index (χ1n) is 6.67. The lowest BCUT2D eigenvalue weighted by Crippen LogP contribution is -2.12. The lowest BCUT2D eigenvalue weighted by atomic mass is 9.90. The van der Waals surface area contributed by atoms with Gasteiger partial charge in [0.05, 0.1) is 12.0 Å². The van der Waals surface area contributed by atoms with Crippen LogP contribution in [0.5, 0.6) is 5.75 Å². The largest absolute Gasteiger partial charge is 0.496 e. The van der Waals surface area contributed by atoms with Gasteiger partial charge in [-0.3, -0.25) is 0 Å². The molecule has 0 fully saturated rings. The minimum absolute atomic E-state index is 0.731. The first-order valence-corrected chi connectivity index (χ1v) is 7.65. The Hall–Kier alpha value is -0.670. The maximum atomic E-state index is 5.72. The molecular formula is C15H23NOS. The number of ether oxygens (including phenoxy) is 1. The average Bonchev–Trinajstić information content (AvgIpc) is 2.57. The maximum absolute atomic E-state index is 5.72. The molecule has 100 valence electrons. The van der Waals surface area contributed by atoms with Gasteiger partial charge in [-0.05, 0) is 74.1 Å². The fourth-order valence-corrected chi connectivity index (χ4v) is 4.03. The Labute approximate surface area is 114 Å². The molecular weight excluding hydrogens is 242 g/mol. The Bertz CT molecular complexity index is 431. The number of hydrogen-bond acceptors (Lipinski definition) is 3. The summed E-state index contributed by atoms with van der Waals surface area (Å²) in [4.78, 5) is 1.36. The van der Waals surface area contributed by atoms with Crippen LogP contribution in [0.25, 0.3) is 0 Å². The Morgan fingerprint density at radius 2 is 2.22 bits per heavy atom. The highest BCUT2D eigenvalue weighted by Gasteiger charge is 2.22. The third kappa shape index (κ3) is 2.67. The number of fused-ring (bicyclic) bond motifs is 1. The molecule has 18 heavy (non-hydrogen) atoms. The minimum atomic E-state index is 0.731. The molecule has 0 radical (unpaired) electrons. The van der Waals surface area contributed by atoms with Crippen LogP contribution in [-0.4, -0.2) is 19.4 Å². The average molecular weight is 265 g/mol. The van der Waals surface area contributed by atoms with E-state index in [-0.39, 0.29) is 0 Å². The quantitative estimate of drug-likeness (QED) is 0.910. The standard InChI is InChI=1S/C15H23NOS/c1-10-8-14(17-3)15-13(11(10)2)9-12(4-6-16)5-7-18-15/h8,12H,4-7,9,16H2,1-3H3. The van der Waals surface area contributed by atoms with Gasteiger partial charge >= 0.3 is 0 Å². The predicted molar refractivity (Wildman–Crippen MR) is 78.7 cm³/mol. The summed E-state index contributed by atoms with van der Waals surface area (Å²) in [6.45, 7) is 5.21. The van der Waals surface area contributed by atoms with Crippen LogP contribution in [0.3, 0.4) is 0 Å². The van der Waals surface area contributed by atoms with Crippen molar-refractivity contribution >= 4 is 11.8 Å². The second-order valence-electron chi connectivity index (χ2n) is 5.11. The lowest BCUT2D eigenvalue weighted by Gasteiger charge is -2.18. The van der Waals surface area contributed by atoms with Crippen molar-refractivity contribution in [3.63, 3.8) is 0 Å². The van der Waals surface area contributed by atoms with E-state index in [1.807, 2.05) is 11.8 Å². The van der Waals surface area contributed by atoms with Gasteiger partial charge in [-0.25, -0.2) is 0 Å². The predicted octanol–water partition coefficient (Wildman–Crippen LogP) is 3.32. The van der Waals surface area contributed by atoms with Crippen molar-refractivity contribution in [1.29, 1.82) is 0 Å². The second kappa shape index (κ2) is 5.98. The summed E-state index contributed by atoms with van der Waals surface area (Å²) in [5.74, 6) is 2.96. The zero-order chi connectivity index (χ0) is 13.1. The summed E-state index contributed by atoms with van der Waals surface area (Å²) in [7, 11) is 1.77. The number of aryl methyl sites for hydroxylation is 1. The van der Waals surface area contributed by atoms with E-state index in [0.717, 1.165) is 31.1 Å². The molecule has 0 spiro atoms. The van der Waals surface area contributed by atoms with Gasteiger partial charge in [-0.15, -0.1) is 11.8 Å². The van der Waals surface area contributed by atoms with Crippen LogP contribution in [0, 0.1) is 19.8 Å². The highest BCUT2D eigenvalue weighted by Crippen LogP contribution is 2.41. The van der Waals surface area contributed by atoms with E-state index in [1.54, 1.807) is 7.11 Å². The Morgan fingerprint density at radius 3 is 2.89 bits per heavy atom. The number of rotatable bonds is 3. The molecule has 1 unspecified atom stereocenters. The Balaban J connectivity index is 2.42. The molecule has 1 aliphatic heterocycles. The number of nitrogens with two attached hydrogens (primary N) is 1. The SMILES string of the molecule is COc1cc(C)c(C)c2c1SCCC(CCN)C2. The monoisotopic (exact) mass is 265 g/mol. The highest BCUT2D eigenvalue weighted by molar-refractivity contribution is 7.99. The first kappa shape index (κ1) is 13.8. The molecule has 0 aliphatic carbocycles. The highest BCUT2D eigenvalue weighted by atomic mass is 32.2. The Morgan fingerprint density at radius 1 is 1.44 bits per heavy atom. The second-order valence-corrected chi connectivity index (χ2v) is 6.22. The molecule has 0 bridgehead atoms. The molecule has 0 saturated carbocycles. The van der Waals surface area contributed by atoms with Crippen LogP contribution in [0.2, 0.25) is 0 Å². The van der Waals surface area contributed by atoms with E-state index in [1.165, 1.54) is 33.8 Å². The topological polar surface area (TPSA) is 35.2 Å². The maximum Gasteiger partial charge on any atom is 0.132 e. The molecule has 2 rings (SSSR count). The number of methoxy groups -OCH3 is 1. The molecule has 0 amide bonds. The van der Waals surface area contributed by atoms with Gasteiger partial charge in [0.25, 0.3) is 0 Å². The van der Waals surface area contributed by atoms with Gasteiger partial charge in [0.15, 0.2) is 0 Å². The van der Waals surface area contributed by atoms with Crippen LogP contribution >= 0.6 is 11.8 Å². The van der Waals surface area contributed by atoms with Crippen molar-refractivity contribution in [3.05, 3.63) is 22.8 Å². The summed E-state index contributed by atoms with van der Waals surface area (Å²) in [6, 6.07) is 2.17. The third-order valence-corrected chi connectivity index (χ3v) is 5.13. The fourth-order valence-electron chi connectivity index (χ4n) is 2.68. The lowest BCUT2D eigenvalue weighted by molar-refractivity contribution is 0.401. The number of thioether (sulfide) groups is 1. The van der Waals surface area contributed by atoms with E-state index in [0.29, 0.717) is 0 Å². The van der Waals surface area contributed by atoms with E-state index in [2.05, 4.69) is 19.9 Å². The van der Waals surface area contributed by atoms with Crippen molar-refractivity contribution in [2.45, 2.75) is 38.0 Å². The summed E-state index contributed by atoms with van der Waals surface area (Å²) in [5.41, 5.74) is 9.98. The Kier molecular flexibility index (Phi) is 4.57. The van der Waals surface area contributed by atoms with E-state index in [4.69, 9.17) is 10.5 Å². The minimum Gasteiger partial charge on any atom is -0.496 e. The van der Waals surface area contributed by atoms with Crippen LogP contribution in [0.15, 0.2) is 11.0 Å². The fraction of sp³-hybridized carbons (Fsp3) is 0.600. The number of hydrogen-bond donors (Lipinski definition) is 1. The van der Waals surface area contributed by atoms with Crippen LogP contribution in [0.1, 0.15) is 29.5 Å². The summed E-state index contributed by atoms with van der Waals surface area (Å²) in [5, 5.41) is 0.